The minimum Gasteiger partial charge on any atom is -0.365 e. The lowest BCUT2D eigenvalue weighted by atomic mass is 9.93. The van der Waals surface area contributed by atoms with Gasteiger partial charge in [-0.2, -0.15) is 0 Å². The van der Waals surface area contributed by atoms with Gasteiger partial charge in [0, 0.05) is 17.9 Å². The zero-order chi connectivity index (χ0) is 9.97. The molecule has 0 saturated carbocycles. The molecule has 0 amide bonds. The van der Waals surface area contributed by atoms with Crippen LogP contribution in [0.4, 0.5) is 0 Å². The molecule has 78 valence electrons. The minimum absolute atomic E-state index is 0.590. The molecule has 1 aliphatic carbocycles. The van der Waals surface area contributed by atoms with Crippen molar-refractivity contribution >= 4 is 0 Å². The number of aromatic amines is 1. The van der Waals surface area contributed by atoms with E-state index in [1.165, 1.54) is 30.5 Å². The van der Waals surface area contributed by atoms with Crippen molar-refractivity contribution in [1.82, 2.24) is 10.3 Å². The molecule has 1 aromatic rings. The van der Waals surface area contributed by atoms with Gasteiger partial charge in [-0.25, -0.2) is 0 Å². The number of nitrogens with one attached hydrogen (secondary N) is 2. The maximum absolute atomic E-state index is 3.64. The molecule has 1 unspecified atom stereocenters. The average molecular weight is 192 g/mol. The lowest BCUT2D eigenvalue weighted by Gasteiger charge is -2.24. The summed E-state index contributed by atoms with van der Waals surface area (Å²) in [6.07, 6.45) is 5.89. The molecule has 1 heterocycles. The van der Waals surface area contributed by atoms with Gasteiger partial charge in [-0.1, -0.05) is 13.8 Å². The van der Waals surface area contributed by atoms with Crippen LogP contribution < -0.4 is 5.32 Å². The molecule has 14 heavy (non-hydrogen) atoms. The number of fused-ring (bicyclic) bond motifs is 1. The largest absolute Gasteiger partial charge is 0.365 e. The second kappa shape index (κ2) is 4.18. The summed E-state index contributed by atoms with van der Waals surface area (Å²) >= 11 is 0. The highest BCUT2D eigenvalue weighted by molar-refractivity contribution is 5.26. The van der Waals surface area contributed by atoms with Crippen molar-refractivity contribution < 1.29 is 0 Å². The molecule has 0 aliphatic heterocycles. The van der Waals surface area contributed by atoms with Crippen LogP contribution in [0, 0.1) is 5.92 Å². The van der Waals surface area contributed by atoms with Crippen LogP contribution in [0.3, 0.4) is 0 Å². The van der Waals surface area contributed by atoms with Crippen molar-refractivity contribution in [1.29, 1.82) is 0 Å². The van der Waals surface area contributed by atoms with Crippen molar-refractivity contribution in [2.45, 2.75) is 39.2 Å². The standard InChI is InChI=1S/C12H20N2/c1-9(2)8-14-12-5-3-4-11-10(12)6-7-13-11/h6-7,9,12-14H,3-5,8H2,1-2H3. The summed E-state index contributed by atoms with van der Waals surface area (Å²) in [5.74, 6) is 0.735. The van der Waals surface area contributed by atoms with E-state index < -0.39 is 0 Å². The fourth-order valence-corrected chi connectivity index (χ4v) is 2.19. The Morgan fingerprint density at radius 1 is 1.57 bits per heavy atom. The number of rotatable bonds is 3. The van der Waals surface area contributed by atoms with Crippen LogP contribution in [0.1, 0.15) is 44.0 Å². The highest BCUT2D eigenvalue weighted by atomic mass is 14.9. The maximum Gasteiger partial charge on any atom is 0.0338 e. The first-order valence-corrected chi connectivity index (χ1v) is 5.67. The van der Waals surface area contributed by atoms with Crippen LogP contribution in [0.25, 0.3) is 0 Å². The lowest BCUT2D eigenvalue weighted by Crippen LogP contribution is -2.27. The quantitative estimate of drug-likeness (QED) is 0.757. The first-order chi connectivity index (χ1) is 6.77. The number of aryl methyl sites for hydroxylation is 1. The maximum atomic E-state index is 3.64. The summed E-state index contributed by atoms with van der Waals surface area (Å²) in [7, 11) is 0. The Hall–Kier alpha value is -0.760. The number of aromatic nitrogens is 1. The SMILES string of the molecule is CC(C)CNC1CCCc2[nH]ccc21. The van der Waals surface area contributed by atoms with Crippen LogP contribution in [0.2, 0.25) is 0 Å². The van der Waals surface area contributed by atoms with E-state index in [1.807, 2.05) is 0 Å². The van der Waals surface area contributed by atoms with Crippen LogP contribution >= 0.6 is 0 Å². The zero-order valence-corrected chi connectivity index (χ0v) is 9.14. The molecule has 1 aromatic heterocycles. The predicted octanol–water partition coefficient (Wildman–Crippen LogP) is 2.64. The highest BCUT2D eigenvalue weighted by Gasteiger charge is 2.20. The van der Waals surface area contributed by atoms with Gasteiger partial charge in [0.15, 0.2) is 0 Å². The Bertz CT molecular complexity index is 288. The fourth-order valence-electron chi connectivity index (χ4n) is 2.19. The molecule has 0 bridgehead atoms. The van der Waals surface area contributed by atoms with Crippen LogP contribution in [0.5, 0.6) is 0 Å². The van der Waals surface area contributed by atoms with Gasteiger partial charge < -0.3 is 10.3 Å². The molecule has 0 fully saturated rings. The van der Waals surface area contributed by atoms with E-state index in [1.54, 1.807) is 0 Å². The van der Waals surface area contributed by atoms with Gasteiger partial charge in [0.1, 0.15) is 0 Å². The van der Waals surface area contributed by atoms with Crippen molar-refractivity contribution in [3.8, 4) is 0 Å². The van der Waals surface area contributed by atoms with E-state index in [-0.39, 0.29) is 0 Å². The van der Waals surface area contributed by atoms with Crippen molar-refractivity contribution in [2.75, 3.05) is 6.54 Å². The van der Waals surface area contributed by atoms with Gasteiger partial charge in [-0.05, 0) is 43.4 Å². The Morgan fingerprint density at radius 2 is 2.43 bits per heavy atom. The van der Waals surface area contributed by atoms with Gasteiger partial charge in [0.25, 0.3) is 0 Å². The van der Waals surface area contributed by atoms with E-state index in [4.69, 9.17) is 0 Å². The summed E-state index contributed by atoms with van der Waals surface area (Å²) in [6, 6.07) is 2.82. The second-order valence-corrected chi connectivity index (χ2v) is 4.66. The topological polar surface area (TPSA) is 27.8 Å². The molecular weight excluding hydrogens is 172 g/mol. The van der Waals surface area contributed by atoms with Gasteiger partial charge in [-0.15, -0.1) is 0 Å². The Balaban J connectivity index is 2.01. The van der Waals surface area contributed by atoms with E-state index in [0.29, 0.717) is 6.04 Å². The Kier molecular flexibility index (Phi) is 2.92. The molecule has 1 aliphatic rings. The first-order valence-electron chi connectivity index (χ1n) is 5.67. The molecule has 2 nitrogen and oxygen atoms in total. The zero-order valence-electron chi connectivity index (χ0n) is 9.14. The highest BCUT2D eigenvalue weighted by Crippen LogP contribution is 2.28. The molecule has 2 N–H and O–H groups in total. The fraction of sp³-hybridized carbons (Fsp3) is 0.667. The second-order valence-electron chi connectivity index (χ2n) is 4.66. The van der Waals surface area contributed by atoms with E-state index in [2.05, 4.69) is 36.4 Å². The molecule has 0 spiro atoms. The third-order valence-corrected chi connectivity index (χ3v) is 2.94. The van der Waals surface area contributed by atoms with E-state index >= 15 is 0 Å². The van der Waals surface area contributed by atoms with Crippen LogP contribution in [0.15, 0.2) is 12.3 Å². The molecular formula is C12H20N2. The molecule has 2 heteroatoms. The third kappa shape index (κ3) is 2.01. The van der Waals surface area contributed by atoms with Crippen LogP contribution in [-0.4, -0.2) is 11.5 Å². The van der Waals surface area contributed by atoms with Gasteiger partial charge >= 0.3 is 0 Å². The Labute approximate surface area is 86.1 Å². The molecule has 0 aromatic carbocycles. The predicted molar refractivity (Wildman–Crippen MR) is 59.3 cm³/mol. The summed E-state index contributed by atoms with van der Waals surface area (Å²) in [5, 5.41) is 3.64. The number of H-pyrrole nitrogens is 1. The lowest BCUT2D eigenvalue weighted by molar-refractivity contribution is 0.426. The van der Waals surface area contributed by atoms with E-state index in [9.17, 15) is 0 Å². The van der Waals surface area contributed by atoms with Gasteiger partial charge in [0.2, 0.25) is 0 Å². The number of hydrogen-bond donors (Lipinski definition) is 2. The van der Waals surface area contributed by atoms with Crippen LogP contribution in [-0.2, 0) is 6.42 Å². The summed E-state index contributed by atoms with van der Waals surface area (Å²) in [4.78, 5) is 3.34. The summed E-state index contributed by atoms with van der Waals surface area (Å²) < 4.78 is 0. The van der Waals surface area contributed by atoms with E-state index in [0.717, 1.165) is 12.5 Å². The molecule has 0 saturated heterocycles. The summed E-state index contributed by atoms with van der Waals surface area (Å²) in [5.41, 5.74) is 2.94. The smallest absolute Gasteiger partial charge is 0.0338 e. The summed E-state index contributed by atoms with van der Waals surface area (Å²) in [6.45, 7) is 5.64. The first kappa shape index (κ1) is 9.78. The molecule has 2 rings (SSSR count). The average Bonchev–Trinajstić information content (AvgIpc) is 2.62. The van der Waals surface area contributed by atoms with Crippen molar-refractivity contribution in [3.63, 3.8) is 0 Å². The third-order valence-electron chi connectivity index (χ3n) is 2.94. The normalized spacial score (nSPS) is 21.2. The monoisotopic (exact) mass is 192 g/mol. The molecule has 1 atom stereocenters. The van der Waals surface area contributed by atoms with Gasteiger partial charge in [0.05, 0.1) is 0 Å². The van der Waals surface area contributed by atoms with Crippen molar-refractivity contribution in [3.05, 3.63) is 23.5 Å². The van der Waals surface area contributed by atoms with Gasteiger partial charge in [-0.3, -0.25) is 0 Å². The van der Waals surface area contributed by atoms with Crippen molar-refractivity contribution in [2.24, 2.45) is 5.92 Å². The Morgan fingerprint density at radius 3 is 3.21 bits per heavy atom. The minimum atomic E-state index is 0.590. The molecule has 0 radical (unpaired) electrons. The number of hydrogen-bond acceptors (Lipinski definition) is 1.